The van der Waals surface area contributed by atoms with Crippen LogP contribution in [0.3, 0.4) is 0 Å². The second-order valence-electron chi connectivity index (χ2n) is 6.21. The molecule has 1 fully saturated rings. The zero-order valence-corrected chi connectivity index (χ0v) is 11.9. The molecule has 0 heterocycles. The molecule has 5 heteroatoms. The molecular weight excluding hydrogens is 264 g/mol. The van der Waals surface area contributed by atoms with Crippen LogP contribution in [0, 0.1) is 11.6 Å². The maximum atomic E-state index is 13.1. The van der Waals surface area contributed by atoms with Crippen LogP contribution in [-0.2, 0) is 4.74 Å². The lowest BCUT2D eigenvalue weighted by molar-refractivity contribution is 0.0471. The SMILES string of the molecule is CC(C)(C)OC(=O)NC1CC(c2cc(F)cc(F)c2)C1. The summed E-state index contributed by atoms with van der Waals surface area (Å²) in [5, 5.41) is 2.75. The van der Waals surface area contributed by atoms with Crippen LogP contribution >= 0.6 is 0 Å². The van der Waals surface area contributed by atoms with Gasteiger partial charge < -0.3 is 10.1 Å². The van der Waals surface area contributed by atoms with Crippen molar-refractivity contribution >= 4 is 6.09 Å². The van der Waals surface area contributed by atoms with Crippen molar-refractivity contribution in [2.75, 3.05) is 0 Å². The summed E-state index contributed by atoms with van der Waals surface area (Å²) in [6.45, 7) is 5.39. The fourth-order valence-electron chi connectivity index (χ4n) is 2.29. The minimum Gasteiger partial charge on any atom is -0.444 e. The van der Waals surface area contributed by atoms with Crippen LogP contribution in [0.25, 0.3) is 0 Å². The molecular formula is C15H19F2NO2. The van der Waals surface area contributed by atoms with Gasteiger partial charge in [0, 0.05) is 12.1 Å². The number of rotatable bonds is 2. The fourth-order valence-corrected chi connectivity index (χ4v) is 2.29. The maximum absolute atomic E-state index is 13.1. The predicted molar refractivity (Wildman–Crippen MR) is 71.5 cm³/mol. The second kappa shape index (κ2) is 5.38. The third-order valence-electron chi connectivity index (χ3n) is 3.22. The van der Waals surface area contributed by atoms with Gasteiger partial charge in [-0.1, -0.05) is 0 Å². The summed E-state index contributed by atoms with van der Waals surface area (Å²) in [6, 6.07) is 3.55. The summed E-state index contributed by atoms with van der Waals surface area (Å²) >= 11 is 0. The largest absolute Gasteiger partial charge is 0.444 e. The number of halogens is 2. The molecule has 1 aliphatic rings. The van der Waals surface area contributed by atoms with Gasteiger partial charge in [0.1, 0.15) is 17.2 Å². The quantitative estimate of drug-likeness (QED) is 0.898. The fraction of sp³-hybridized carbons (Fsp3) is 0.533. The molecule has 0 saturated heterocycles. The highest BCUT2D eigenvalue weighted by Gasteiger charge is 2.33. The summed E-state index contributed by atoms with van der Waals surface area (Å²) in [7, 11) is 0. The second-order valence-corrected chi connectivity index (χ2v) is 6.21. The number of alkyl carbamates (subject to hydrolysis) is 1. The van der Waals surface area contributed by atoms with Gasteiger partial charge in [0.25, 0.3) is 0 Å². The number of ether oxygens (including phenoxy) is 1. The summed E-state index contributed by atoms with van der Waals surface area (Å²) in [5.41, 5.74) is 0.114. The molecule has 1 N–H and O–H groups in total. The summed E-state index contributed by atoms with van der Waals surface area (Å²) < 4.78 is 31.4. The Hall–Kier alpha value is -1.65. The minimum atomic E-state index is -0.566. The molecule has 0 bridgehead atoms. The van der Waals surface area contributed by atoms with Crippen molar-refractivity contribution in [3.63, 3.8) is 0 Å². The van der Waals surface area contributed by atoms with E-state index >= 15 is 0 Å². The zero-order chi connectivity index (χ0) is 14.9. The standard InChI is InChI=1S/C15H19F2NO2/c1-15(2,3)20-14(19)18-13-6-10(7-13)9-4-11(16)8-12(17)5-9/h4-5,8,10,13H,6-7H2,1-3H3,(H,18,19). The van der Waals surface area contributed by atoms with E-state index in [2.05, 4.69) is 5.32 Å². The van der Waals surface area contributed by atoms with E-state index in [1.165, 1.54) is 12.1 Å². The van der Waals surface area contributed by atoms with Gasteiger partial charge in [0.15, 0.2) is 0 Å². The first kappa shape index (κ1) is 14.8. The molecule has 20 heavy (non-hydrogen) atoms. The average Bonchev–Trinajstić information content (AvgIpc) is 2.18. The Labute approximate surface area is 117 Å². The molecule has 0 aliphatic heterocycles. The Morgan fingerprint density at radius 2 is 1.75 bits per heavy atom. The molecule has 0 spiro atoms. The van der Waals surface area contributed by atoms with Crippen LogP contribution in [0.4, 0.5) is 13.6 Å². The first-order chi connectivity index (χ1) is 9.23. The third-order valence-corrected chi connectivity index (χ3v) is 3.22. The molecule has 110 valence electrons. The summed E-state index contributed by atoms with van der Waals surface area (Å²) in [4.78, 5) is 11.6. The van der Waals surface area contributed by atoms with E-state index in [9.17, 15) is 13.6 Å². The van der Waals surface area contributed by atoms with Gasteiger partial charge in [-0.2, -0.15) is 0 Å². The number of amides is 1. The number of hydrogen-bond acceptors (Lipinski definition) is 2. The molecule has 1 amide bonds. The first-order valence-electron chi connectivity index (χ1n) is 6.68. The van der Waals surface area contributed by atoms with Crippen molar-refractivity contribution < 1.29 is 18.3 Å². The number of hydrogen-bond donors (Lipinski definition) is 1. The van der Waals surface area contributed by atoms with Crippen LogP contribution in [0.15, 0.2) is 18.2 Å². The molecule has 3 nitrogen and oxygen atoms in total. The van der Waals surface area contributed by atoms with E-state index in [0.717, 1.165) is 6.07 Å². The average molecular weight is 283 g/mol. The van der Waals surface area contributed by atoms with Crippen molar-refractivity contribution in [2.45, 2.75) is 51.2 Å². The lowest BCUT2D eigenvalue weighted by Gasteiger charge is -2.36. The number of carbonyl (C=O) groups excluding carboxylic acids is 1. The van der Waals surface area contributed by atoms with Crippen molar-refractivity contribution in [1.29, 1.82) is 0 Å². The van der Waals surface area contributed by atoms with Crippen LogP contribution < -0.4 is 5.32 Å². The Kier molecular flexibility index (Phi) is 3.97. The number of carbonyl (C=O) groups is 1. The molecule has 2 rings (SSSR count). The normalized spacial score (nSPS) is 22.1. The van der Waals surface area contributed by atoms with E-state index in [0.29, 0.717) is 18.4 Å². The van der Waals surface area contributed by atoms with E-state index in [4.69, 9.17) is 4.74 Å². The van der Waals surface area contributed by atoms with Gasteiger partial charge in [0.2, 0.25) is 0 Å². The molecule has 0 radical (unpaired) electrons. The van der Waals surface area contributed by atoms with E-state index in [-0.39, 0.29) is 12.0 Å². The number of nitrogens with one attached hydrogen (secondary N) is 1. The van der Waals surface area contributed by atoms with Gasteiger partial charge in [-0.3, -0.25) is 0 Å². The summed E-state index contributed by atoms with van der Waals surface area (Å²) in [6.07, 6.45) is 0.885. The van der Waals surface area contributed by atoms with Crippen LogP contribution in [0.1, 0.15) is 45.1 Å². The smallest absolute Gasteiger partial charge is 0.407 e. The Bertz CT molecular complexity index is 485. The van der Waals surface area contributed by atoms with Crippen molar-refractivity contribution in [1.82, 2.24) is 5.32 Å². The van der Waals surface area contributed by atoms with Gasteiger partial charge in [-0.05, 0) is 57.2 Å². The molecule has 0 atom stereocenters. The molecule has 1 saturated carbocycles. The zero-order valence-electron chi connectivity index (χ0n) is 11.9. The van der Waals surface area contributed by atoms with E-state index in [1.807, 2.05) is 0 Å². The third kappa shape index (κ3) is 3.92. The van der Waals surface area contributed by atoms with Gasteiger partial charge in [-0.25, -0.2) is 13.6 Å². The van der Waals surface area contributed by atoms with Crippen molar-refractivity contribution in [3.05, 3.63) is 35.4 Å². The lowest BCUT2D eigenvalue weighted by atomic mass is 9.76. The molecule has 1 aliphatic carbocycles. The van der Waals surface area contributed by atoms with Crippen molar-refractivity contribution in [2.24, 2.45) is 0 Å². The van der Waals surface area contributed by atoms with Gasteiger partial charge >= 0.3 is 6.09 Å². The van der Waals surface area contributed by atoms with Crippen LogP contribution in [0.5, 0.6) is 0 Å². The van der Waals surface area contributed by atoms with Gasteiger partial charge in [-0.15, -0.1) is 0 Å². The lowest BCUT2D eigenvalue weighted by Crippen LogP contribution is -2.45. The highest BCUT2D eigenvalue weighted by molar-refractivity contribution is 5.68. The highest BCUT2D eigenvalue weighted by Crippen LogP contribution is 2.37. The minimum absolute atomic E-state index is 0.00109. The Morgan fingerprint density at radius 3 is 2.25 bits per heavy atom. The van der Waals surface area contributed by atoms with E-state index in [1.54, 1.807) is 20.8 Å². The Balaban J connectivity index is 1.84. The Morgan fingerprint density at radius 1 is 1.20 bits per heavy atom. The summed E-state index contributed by atoms with van der Waals surface area (Å²) in [5.74, 6) is -1.05. The van der Waals surface area contributed by atoms with Crippen molar-refractivity contribution in [3.8, 4) is 0 Å². The topological polar surface area (TPSA) is 38.3 Å². The van der Waals surface area contributed by atoms with E-state index < -0.39 is 23.3 Å². The first-order valence-corrected chi connectivity index (χ1v) is 6.68. The highest BCUT2D eigenvalue weighted by atomic mass is 19.1. The molecule has 0 aromatic heterocycles. The maximum Gasteiger partial charge on any atom is 0.407 e. The number of benzene rings is 1. The molecule has 1 aromatic rings. The molecule has 0 unspecified atom stereocenters. The predicted octanol–water partition coefficient (Wildman–Crippen LogP) is 3.74. The van der Waals surface area contributed by atoms with Crippen LogP contribution in [-0.4, -0.2) is 17.7 Å². The molecule has 1 aromatic carbocycles. The monoisotopic (exact) mass is 283 g/mol. The van der Waals surface area contributed by atoms with Crippen LogP contribution in [0.2, 0.25) is 0 Å². The van der Waals surface area contributed by atoms with Gasteiger partial charge in [0.05, 0.1) is 0 Å².